The van der Waals surface area contributed by atoms with E-state index in [1.165, 1.54) is 17.4 Å². The second kappa shape index (κ2) is 5.00. The Morgan fingerprint density at radius 1 is 1.32 bits per heavy atom. The fourth-order valence-electron chi connectivity index (χ4n) is 1.72. The van der Waals surface area contributed by atoms with Gasteiger partial charge in [-0.15, -0.1) is 24.5 Å². The molecule has 0 aliphatic carbocycles. The molecule has 104 valence electrons. The van der Waals surface area contributed by atoms with E-state index in [1.54, 1.807) is 0 Å². The summed E-state index contributed by atoms with van der Waals surface area (Å²) in [5, 5.41) is 0.815. The van der Waals surface area contributed by atoms with E-state index in [2.05, 4.69) is 9.72 Å². The second-order valence-electron chi connectivity index (χ2n) is 4.55. The van der Waals surface area contributed by atoms with Crippen LogP contribution in [0.1, 0.15) is 37.3 Å². The number of hydrogen-bond acceptors (Lipinski definition) is 3. The molecule has 1 aromatic heterocycles. The highest BCUT2D eigenvalue weighted by molar-refractivity contribution is 7.18. The summed E-state index contributed by atoms with van der Waals surface area (Å²) in [6.45, 7) is 5.81. The third-order valence-corrected chi connectivity index (χ3v) is 3.97. The molecule has 0 radical (unpaired) electrons. The van der Waals surface area contributed by atoms with Gasteiger partial charge in [0.1, 0.15) is 5.52 Å². The van der Waals surface area contributed by atoms with Gasteiger partial charge in [0.25, 0.3) is 0 Å². The van der Waals surface area contributed by atoms with Crippen LogP contribution >= 0.6 is 11.3 Å². The molecule has 0 aliphatic rings. The highest BCUT2D eigenvalue weighted by atomic mass is 32.1. The summed E-state index contributed by atoms with van der Waals surface area (Å²) in [7, 11) is 0. The summed E-state index contributed by atoms with van der Waals surface area (Å²) in [6.07, 6.45) is -4.04. The molecule has 2 rings (SSSR count). The number of alkyl halides is 3. The zero-order chi connectivity index (χ0) is 14.2. The first-order valence-electron chi connectivity index (χ1n) is 5.99. The van der Waals surface area contributed by atoms with Gasteiger partial charge in [-0.2, -0.15) is 0 Å². The van der Waals surface area contributed by atoms with Gasteiger partial charge < -0.3 is 4.74 Å². The Hall–Kier alpha value is -1.30. The zero-order valence-corrected chi connectivity index (χ0v) is 11.7. The van der Waals surface area contributed by atoms with Gasteiger partial charge in [-0.1, -0.05) is 20.8 Å². The van der Waals surface area contributed by atoms with Gasteiger partial charge in [0, 0.05) is 5.92 Å². The van der Waals surface area contributed by atoms with E-state index in [9.17, 15) is 13.2 Å². The predicted octanol–water partition coefficient (Wildman–Crippen LogP) is 4.88. The number of halogens is 3. The van der Waals surface area contributed by atoms with Gasteiger partial charge >= 0.3 is 6.36 Å². The summed E-state index contributed by atoms with van der Waals surface area (Å²) >= 11 is 1.42. The minimum absolute atomic E-state index is 0.182. The highest BCUT2D eigenvalue weighted by Gasteiger charge is 2.32. The predicted molar refractivity (Wildman–Crippen MR) is 69.8 cm³/mol. The minimum atomic E-state index is -4.69. The second-order valence-corrected chi connectivity index (χ2v) is 5.61. The van der Waals surface area contributed by atoms with Crippen molar-refractivity contribution in [2.24, 2.45) is 0 Å². The number of nitrogens with zero attached hydrogens (tertiary/aromatic N) is 1. The number of hydrogen-bond donors (Lipinski definition) is 0. The van der Waals surface area contributed by atoms with Crippen LogP contribution in [0.4, 0.5) is 13.2 Å². The third kappa shape index (κ3) is 3.18. The van der Waals surface area contributed by atoms with Crippen LogP contribution in [0.5, 0.6) is 5.75 Å². The molecular formula is C13H14F3NOS. The van der Waals surface area contributed by atoms with Gasteiger partial charge in [-0.05, 0) is 24.1 Å². The number of rotatable bonds is 3. The summed E-state index contributed by atoms with van der Waals surface area (Å²) in [5.41, 5.74) is 1.11. The highest BCUT2D eigenvalue weighted by Crippen LogP contribution is 2.36. The lowest BCUT2D eigenvalue weighted by atomic mass is 10.1. The molecule has 0 bridgehead atoms. The van der Waals surface area contributed by atoms with E-state index < -0.39 is 6.36 Å². The van der Waals surface area contributed by atoms with Crippen molar-refractivity contribution in [2.75, 3.05) is 0 Å². The van der Waals surface area contributed by atoms with Crippen LogP contribution in [0.3, 0.4) is 0 Å². The van der Waals surface area contributed by atoms with Crippen LogP contribution in [-0.2, 0) is 6.42 Å². The fourth-order valence-corrected chi connectivity index (χ4v) is 2.77. The van der Waals surface area contributed by atoms with Crippen LogP contribution < -0.4 is 4.74 Å². The molecule has 1 heterocycles. The maximum absolute atomic E-state index is 12.4. The lowest BCUT2D eigenvalue weighted by Crippen LogP contribution is -2.17. The lowest BCUT2D eigenvalue weighted by molar-refractivity contribution is -0.274. The van der Waals surface area contributed by atoms with Crippen LogP contribution in [0, 0.1) is 0 Å². The molecule has 2 nitrogen and oxygen atoms in total. The van der Waals surface area contributed by atoms with Crippen LogP contribution in [0.2, 0.25) is 0 Å². The van der Waals surface area contributed by atoms with Crippen molar-refractivity contribution in [2.45, 2.75) is 39.5 Å². The quantitative estimate of drug-likeness (QED) is 0.803. The minimum Gasteiger partial charge on any atom is -0.403 e. The molecule has 19 heavy (non-hydrogen) atoms. The number of fused-ring (bicyclic) bond motifs is 1. The monoisotopic (exact) mass is 289 g/mol. The van der Waals surface area contributed by atoms with Crippen molar-refractivity contribution in [3.63, 3.8) is 0 Å². The van der Waals surface area contributed by atoms with Gasteiger partial charge in [0.05, 0.1) is 9.71 Å². The smallest absolute Gasteiger partial charge is 0.403 e. The van der Waals surface area contributed by atoms with Crippen molar-refractivity contribution < 1.29 is 17.9 Å². The number of ether oxygens (including phenoxy) is 1. The molecule has 0 unspecified atom stereocenters. The molecule has 0 N–H and O–H groups in total. The van der Waals surface area contributed by atoms with E-state index in [0.29, 0.717) is 11.9 Å². The first kappa shape index (κ1) is 14.1. The van der Waals surface area contributed by atoms with Crippen molar-refractivity contribution >= 4 is 21.6 Å². The molecule has 0 saturated heterocycles. The lowest BCUT2D eigenvalue weighted by Gasteiger charge is -2.10. The average Bonchev–Trinajstić information content (AvgIpc) is 2.70. The van der Waals surface area contributed by atoms with Crippen LogP contribution in [-0.4, -0.2) is 11.3 Å². The summed E-state index contributed by atoms with van der Waals surface area (Å²) in [4.78, 5) is 4.27. The van der Waals surface area contributed by atoms with Crippen LogP contribution in [0.25, 0.3) is 10.2 Å². The molecule has 6 heteroatoms. The molecular weight excluding hydrogens is 275 g/mol. The van der Waals surface area contributed by atoms with Crippen molar-refractivity contribution in [1.82, 2.24) is 4.98 Å². The van der Waals surface area contributed by atoms with E-state index in [1.807, 2.05) is 26.8 Å². The summed E-state index contributed by atoms with van der Waals surface area (Å²) in [5.74, 6) is -0.0220. The molecule has 1 aromatic carbocycles. The maximum Gasteiger partial charge on any atom is 0.573 e. The number of thiazole rings is 1. The molecule has 0 fully saturated rings. The number of benzene rings is 1. The first-order valence-corrected chi connectivity index (χ1v) is 6.81. The first-order chi connectivity index (χ1) is 8.80. The Morgan fingerprint density at radius 2 is 2.00 bits per heavy atom. The SMILES string of the molecule is CCc1cc(OC(F)(F)F)c2nc(C(C)C)sc2c1. The van der Waals surface area contributed by atoms with E-state index in [0.717, 1.165) is 15.3 Å². The Balaban J connectivity index is 2.58. The van der Waals surface area contributed by atoms with E-state index in [-0.39, 0.29) is 11.7 Å². The summed E-state index contributed by atoms with van der Waals surface area (Å²) in [6, 6.07) is 3.29. The van der Waals surface area contributed by atoms with Crippen molar-refractivity contribution in [1.29, 1.82) is 0 Å². The van der Waals surface area contributed by atoms with Crippen LogP contribution in [0.15, 0.2) is 12.1 Å². The summed E-state index contributed by atoms with van der Waals surface area (Å²) < 4.78 is 42.1. The Bertz CT molecular complexity index is 589. The van der Waals surface area contributed by atoms with Crippen molar-refractivity contribution in [3.05, 3.63) is 22.7 Å². The molecule has 0 atom stereocenters. The van der Waals surface area contributed by atoms with E-state index >= 15 is 0 Å². The normalized spacial score (nSPS) is 12.4. The van der Waals surface area contributed by atoms with Crippen molar-refractivity contribution in [3.8, 4) is 5.75 Å². The molecule has 0 spiro atoms. The molecule has 0 aliphatic heterocycles. The number of aromatic nitrogens is 1. The van der Waals surface area contributed by atoms with Gasteiger partial charge in [-0.3, -0.25) is 0 Å². The van der Waals surface area contributed by atoms with Gasteiger partial charge in [-0.25, -0.2) is 4.98 Å². The molecule has 0 amide bonds. The topological polar surface area (TPSA) is 22.1 Å². The largest absolute Gasteiger partial charge is 0.573 e. The average molecular weight is 289 g/mol. The van der Waals surface area contributed by atoms with Gasteiger partial charge in [0.2, 0.25) is 0 Å². The third-order valence-electron chi connectivity index (χ3n) is 2.66. The van der Waals surface area contributed by atoms with E-state index in [4.69, 9.17) is 0 Å². The standard InChI is InChI=1S/C13H14F3NOS/c1-4-8-5-9(18-13(14,15)16)11-10(6-8)19-12(17-11)7(2)3/h5-7H,4H2,1-3H3. The Morgan fingerprint density at radius 3 is 2.53 bits per heavy atom. The maximum atomic E-state index is 12.4. The zero-order valence-electron chi connectivity index (χ0n) is 10.8. The molecule has 2 aromatic rings. The molecule has 0 saturated carbocycles. The number of aryl methyl sites for hydroxylation is 1. The Labute approximate surface area is 113 Å². The Kier molecular flexibility index (Phi) is 3.71. The van der Waals surface area contributed by atoms with Gasteiger partial charge in [0.15, 0.2) is 5.75 Å². The fraction of sp³-hybridized carbons (Fsp3) is 0.462.